The number of ether oxygens (including phenoxy) is 1. The summed E-state index contributed by atoms with van der Waals surface area (Å²) in [7, 11) is 0. The van der Waals surface area contributed by atoms with Crippen molar-refractivity contribution < 1.29 is 9.53 Å². The van der Waals surface area contributed by atoms with Crippen LogP contribution in [0.1, 0.15) is 38.1 Å². The van der Waals surface area contributed by atoms with Crippen molar-refractivity contribution in [1.29, 1.82) is 0 Å². The van der Waals surface area contributed by atoms with Gasteiger partial charge in [0.05, 0.1) is 11.2 Å². The van der Waals surface area contributed by atoms with E-state index in [0.29, 0.717) is 37.3 Å². The molecule has 8 nitrogen and oxygen atoms in total. The SMILES string of the molecule is O=C(OC1=CC=CCC2=C1NCCC2)N1CCC(n2c(=O)[nH]c3ncccc32)CC1. The van der Waals surface area contributed by atoms with Crippen molar-refractivity contribution in [2.75, 3.05) is 19.6 Å². The molecule has 4 heterocycles. The average Bonchev–Trinajstić information content (AvgIpc) is 2.98. The Morgan fingerprint density at radius 1 is 1.27 bits per heavy atom. The monoisotopic (exact) mass is 407 g/mol. The number of carbonyl (C=O) groups is 1. The summed E-state index contributed by atoms with van der Waals surface area (Å²) in [6.07, 6.45) is 11.7. The number of hydrogen-bond acceptors (Lipinski definition) is 5. The number of aromatic nitrogens is 3. The average molecular weight is 407 g/mol. The number of pyridine rings is 1. The Morgan fingerprint density at radius 2 is 2.13 bits per heavy atom. The fourth-order valence-electron chi connectivity index (χ4n) is 4.55. The lowest BCUT2D eigenvalue weighted by atomic mass is 10.0. The first-order valence-electron chi connectivity index (χ1n) is 10.6. The molecule has 0 atom stereocenters. The topological polar surface area (TPSA) is 92.2 Å². The van der Waals surface area contributed by atoms with Crippen LogP contribution < -0.4 is 11.0 Å². The second-order valence-electron chi connectivity index (χ2n) is 7.93. The zero-order chi connectivity index (χ0) is 20.5. The second-order valence-corrected chi connectivity index (χ2v) is 7.93. The molecule has 1 amide bonds. The third-order valence-electron chi connectivity index (χ3n) is 6.08. The Kier molecular flexibility index (Phi) is 4.90. The number of amides is 1. The molecule has 2 aromatic rings. The van der Waals surface area contributed by atoms with Crippen LogP contribution in [-0.4, -0.2) is 45.2 Å². The fourth-order valence-corrected chi connectivity index (χ4v) is 4.55. The smallest absolute Gasteiger partial charge is 0.408 e. The molecule has 30 heavy (non-hydrogen) atoms. The predicted molar refractivity (Wildman–Crippen MR) is 113 cm³/mol. The van der Waals surface area contributed by atoms with Crippen LogP contribution >= 0.6 is 0 Å². The first-order chi connectivity index (χ1) is 14.7. The molecule has 0 saturated carbocycles. The first kappa shape index (κ1) is 18.7. The molecular weight excluding hydrogens is 382 g/mol. The number of rotatable bonds is 2. The minimum atomic E-state index is -0.331. The van der Waals surface area contributed by atoms with E-state index in [-0.39, 0.29) is 17.8 Å². The molecule has 1 aliphatic carbocycles. The minimum Gasteiger partial charge on any atom is -0.408 e. The van der Waals surface area contributed by atoms with Crippen molar-refractivity contribution >= 4 is 17.3 Å². The molecule has 156 valence electrons. The highest BCUT2D eigenvalue weighted by Crippen LogP contribution is 2.29. The largest absolute Gasteiger partial charge is 0.415 e. The van der Waals surface area contributed by atoms with Crippen molar-refractivity contribution in [2.24, 2.45) is 0 Å². The Morgan fingerprint density at radius 3 is 3.00 bits per heavy atom. The summed E-state index contributed by atoms with van der Waals surface area (Å²) in [5.74, 6) is 0.601. The number of allylic oxidation sites excluding steroid dienone is 4. The van der Waals surface area contributed by atoms with E-state index < -0.39 is 0 Å². The summed E-state index contributed by atoms with van der Waals surface area (Å²) >= 11 is 0. The number of nitrogens with one attached hydrogen (secondary N) is 2. The van der Waals surface area contributed by atoms with E-state index in [0.717, 1.165) is 37.0 Å². The van der Waals surface area contributed by atoms with Crippen LogP contribution in [0.4, 0.5) is 4.79 Å². The summed E-state index contributed by atoms with van der Waals surface area (Å²) in [5.41, 5.74) is 3.51. The summed E-state index contributed by atoms with van der Waals surface area (Å²) in [5, 5.41) is 3.40. The summed E-state index contributed by atoms with van der Waals surface area (Å²) in [4.78, 5) is 34.0. The lowest BCUT2D eigenvalue weighted by Gasteiger charge is -2.32. The van der Waals surface area contributed by atoms with Gasteiger partial charge in [0.25, 0.3) is 0 Å². The highest BCUT2D eigenvalue weighted by molar-refractivity contribution is 5.71. The van der Waals surface area contributed by atoms with Crippen LogP contribution in [0.25, 0.3) is 11.2 Å². The number of nitrogens with zero attached hydrogens (tertiary/aromatic N) is 3. The van der Waals surface area contributed by atoms with Gasteiger partial charge >= 0.3 is 11.8 Å². The molecule has 0 aromatic carbocycles. The molecular formula is C22H25N5O3. The Balaban J connectivity index is 1.27. The standard InChI is InChI=1S/C22H25N5O3/c28-21-25-20-17(7-4-12-24-20)27(21)16-9-13-26(14-10-16)22(29)30-18-8-2-1-5-15-6-3-11-23-19(15)18/h1-2,4,7-8,12,16,23H,3,5-6,9-11,13-14H2,(H,24,25,28). The van der Waals surface area contributed by atoms with Gasteiger partial charge < -0.3 is 15.0 Å². The van der Waals surface area contributed by atoms with Crippen molar-refractivity contribution in [1.82, 2.24) is 24.8 Å². The summed E-state index contributed by atoms with van der Waals surface area (Å²) in [6.45, 7) is 1.99. The highest BCUT2D eigenvalue weighted by Gasteiger charge is 2.28. The van der Waals surface area contributed by atoms with Crippen LogP contribution in [0.2, 0.25) is 0 Å². The van der Waals surface area contributed by atoms with Gasteiger partial charge in [0.2, 0.25) is 0 Å². The van der Waals surface area contributed by atoms with E-state index in [1.165, 1.54) is 5.57 Å². The fraction of sp³-hybridized carbons (Fsp3) is 0.409. The van der Waals surface area contributed by atoms with Crippen LogP contribution in [-0.2, 0) is 4.74 Å². The minimum absolute atomic E-state index is 0.0360. The van der Waals surface area contributed by atoms with Crippen LogP contribution in [0.5, 0.6) is 0 Å². The molecule has 1 saturated heterocycles. The maximum Gasteiger partial charge on any atom is 0.415 e. The molecule has 2 aromatic heterocycles. The van der Waals surface area contributed by atoms with Crippen molar-refractivity contribution in [3.63, 3.8) is 0 Å². The molecule has 0 unspecified atom stereocenters. The lowest BCUT2D eigenvalue weighted by molar-refractivity contribution is 0.112. The Hall–Kier alpha value is -3.29. The van der Waals surface area contributed by atoms with Gasteiger partial charge in [-0.3, -0.25) is 9.55 Å². The third kappa shape index (κ3) is 3.42. The number of aromatic amines is 1. The zero-order valence-corrected chi connectivity index (χ0v) is 16.8. The van der Waals surface area contributed by atoms with Crippen LogP contribution in [0.15, 0.2) is 58.4 Å². The van der Waals surface area contributed by atoms with Crippen molar-refractivity contribution in [3.05, 3.63) is 64.1 Å². The molecule has 1 fully saturated rings. The lowest BCUT2D eigenvalue weighted by Crippen LogP contribution is -2.41. The van der Waals surface area contributed by atoms with Gasteiger partial charge in [-0.2, -0.15) is 0 Å². The molecule has 8 heteroatoms. The molecule has 0 spiro atoms. The van der Waals surface area contributed by atoms with E-state index >= 15 is 0 Å². The van der Waals surface area contributed by atoms with E-state index in [1.54, 1.807) is 15.7 Å². The van der Waals surface area contributed by atoms with Crippen LogP contribution in [0, 0.1) is 0 Å². The Bertz CT molecular complexity index is 1120. The van der Waals surface area contributed by atoms with E-state index in [4.69, 9.17) is 4.74 Å². The van der Waals surface area contributed by atoms with Crippen LogP contribution in [0.3, 0.4) is 0 Å². The maximum absolute atomic E-state index is 12.8. The van der Waals surface area contributed by atoms with Gasteiger partial charge in [0.1, 0.15) is 0 Å². The molecule has 2 aliphatic heterocycles. The third-order valence-corrected chi connectivity index (χ3v) is 6.08. The normalized spacial score (nSPS) is 19.9. The van der Waals surface area contributed by atoms with Gasteiger partial charge in [-0.15, -0.1) is 0 Å². The zero-order valence-electron chi connectivity index (χ0n) is 16.8. The van der Waals surface area contributed by atoms with Gasteiger partial charge in [-0.05, 0) is 55.9 Å². The molecule has 2 N–H and O–H groups in total. The summed E-state index contributed by atoms with van der Waals surface area (Å²) in [6, 6.07) is 3.76. The van der Waals surface area contributed by atoms with Gasteiger partial charge in [-0.1, -0.05) is 12.2 Å². The summed E-state index contributed by atoms with van der Waals surface area (Å²) < 4.78 is 7.56. The highest BCUT2D eigenvalue weighted by atomic mass is 16.6. The quantitative estimate of drug-likeness (QED) is 0.799. The van der Waals surface area contributed by atoms with E-state index in [1.807, 2.05) is 24.3 Å². The Labute approximate surface area is 173 Å². The van der Waals surface area contributed by atoms with E-state index in [2.05, 4.69) is 21.4 Å². The first-order valence-corrected chi connectivity index (χ1v) is 10.6. The van der Waals surface area contributed by atoms with Crippen molar-refractivity contribution in [3.8, 4) is 0 Å². The number of hydrogen-bond donors (Lipinski definition) is 2. The van der Waals surface area contributed by atoms with Gasteiger partial charge in [0.15, 0.2) is 11.4 Å². The number of H-pyrrole nitrogens is 1. The van der Waals surface area contributed by atoms with Gasteiger partial charge in [-0.25, -0.2) is 14.6 Å². The number of fused-ring (bicyclic) bond motifs is 1. The number of imidazole rings is 1. The molecule has 3 aliphatic rings. The maximum atomic E-state index is 12.8. The molecule has 5 rings (SSSR count). The van der Waals surface area contributed by atoms with E-state index in [9.17, 15) is 9.59 Å². The molecule has 0 radical (unpaired) electrons. The number of carbonyl (C=O) groups excluding carboxylic acids is 1. The predicted octanol–water partition coefficient (Wildman–Crippen LogP) is 2.98. The second kappa shape index (κ2) is 7.85. The molecule has 0 bridgehead atoms. The van der Waals surface area contributed by atoms with Crippen molar-refractivity contribution in [2.45, 2.75) is 38.1 Å². The van der Waals surface area contributed by atoms with Gasteiger partial charge in [0, 0.05) is 31.9 Å². The number of piperidine rings is 1. The number of likely N-dealkylation sites (tertiary alicyclic amines) is 1.